The van der Waals surface area contributed by atoms with Crippen LogP contribution in [-0.2, 0) is 9.59 Å². The number of aliphatic carboxylic acids is 1. The number of benzene rings is 1. The molecule has 180 valence electrons. The van der Waals surface area contributed by atoms with E-state index in [1.54, 1.807) is 0 Å². The summed E-state index contributed by atoms with van der Waals surface area (Å²) in [5.74, 6) is -2.70. The first-order chi connectivity index (χ1) is 14.2. The molecule has 0 radical (unpaired) electrons. The summed E-state index contributed by atoms with van der Waals surface area (Å²) in [6.07, 6.45) is -3.51. The Hall–Kier alpha value is -1.55. The van der Waals surface area contributed by atoms with Gasteiger partial charge < -0.3 is 15.3 Å². The highest BCUT2D eigenvalue weighted by Gasteiger charge is 2.55. The van der Waals surface area contributed by atoms with Gasteiger partial charge in [0.15, 0.2) is 0 Å². The fourth-order valence-corrected chi connectivity index (χ4v) is 5.05. The predicted octanol–water partition coefficient (Wildman–Crippen LogP) is 3.06. The van der Waals surface area contributed by atoms with Gasteiger partial charge in [-0.2, -0.15) is 13.2 Å². The third-order valence-electron chi connectivity index (χ3n) is 6.74. The Morgan fingerprint density at radius 2 is 1.72 bits per heavy atom. The average Bonchev–Trinajstić information content (AvgIpc) is 3.46. The lowest BCUT2D eigenvalue weighted by atomic mass is 9.84. The Bertz CT molecular complexity index is 800. The molecule has 1 aliphatic carbocycles. The first-order valence-electron chi connectivity index (χ1n) is 10.3. The first kappa shape index (κ1) is 26.7. The molecule has 32 heavy (non-hydrogen) atoms. The lowest BCUT2D eigenvalue weighted by molar-refractivity contribution is -0.190. The van der Waals surface area contributed by atoms with Crippen LogP contribution < -0.4 is 5.32 Å². The molecule has 6 nitrogen and oxygen atoms in total. The highest BCUT2D eigenvalue weighted by molar-refractivity contribution is 5.85. The van der Waals surface area contributed by atoms with Crippen LogP contribution in [0.5, 0.6) is 0 Å². The smallest absolute Gasteiger partial charge is 0.471 e. The van der Waals surface area contributed by atoms with E-state index in [-0.39, 0.29) is 37.2 Å². The molecule has 4 rings (SSSR count). The number of nitrogens with one attached hydrogen (secondary N) is 1. The topological polar surface area (TPSA) is 72.9 Å². The van der Waals surface area contributed by atoms with E-state index >= 15 is 0 Å². The Morgan fingerprint density at radius 3 is 2.19 bits per heavy atom. The number of hydrogen-bond donors (Lipinski definition) is 2. The van der Waals surface area contributed by atoms with E-state index in [1.807, 2.05) is 30.3 Å². The Morgan fingerprint density at radius 1 is 1.12 bits per heavy atom. The predicted molar refractivity (Wildman–Crippen MR) is 117 cm³/mol. The van der Waals surface area contributed by atoms with Crippen LogP contribution in [-0.4, -0.2) is 76.8 Å². The van der Waals surface area contributed by atoms with Crippen LogP contribution in [0.25, 0.3) is 0 Å². The largest absolute Gasteiger partial charge is 0.481 e. The van der Waals surface area contributed by atoms with E-state index in [0.29, 0.717) is 45.4 Å². The molecule has 11 heteroatoms. The van der Waals surface area contributed by atoms with Crippen LogP contribution in [0.4, 0.5) is 13.2 Å². The van der Waals surface area contributed by atoms with E-state index in [2.05, 4.69) is 10.2 Å². The summed E-state index contributed by atoms with van der Waals surface area (Å²) >= 11 is 0. The van der Waals surface area contributed by atoms with Gasteiger partial charge in [-0.15, -0.1) is 24.8 Å². The van der Waals surface area contributed by atoms with Crippen molar-refractivity contribution in [2.45, 2.75) is 55.4 Å². The summed E-state index contributed by atoms with van der Waals surface area (Å²) in [5, 5.41) is 12.3. The first-order valence-corrected chi connectivity index (χ1v) is 10.3. The fourth-order valence-electron chi connectivity index (χ4n) is 5.05. The van der Waals surface area contributed by atoms with Crippen molar-refractivity contribution in [3.63, 3.8) is 0 Å². The molecule has 2 heterocycles. The van der Waals surface area contributed by atoms with Gasteiger partial charge in [0, 0.05) is 44.2 Å². The van der Waals surface area contributed by atoms with Crippen LogP contribution in [0.15, 0.2) is 30.3 Å². The molecule has 0 bridgehead atoms. The normalized spacial score (nSPS) is 25.0. The van der Waals surface area contributed by atoms with Crippen molar-refractivity contribution in [1.29, 1.82) is 0 Å². The lowest BCUT2D eigenvalue weighted by Crippen LogP contribution is -2.71. The summed E-state index contributed by atoms with van der Waals surface area (Å²) in [7, 11) is 0. The molecule has 3 fully saturated rings. The van der Waals surface area contributed by atoms with Crippen molar-refractivity contribution < 1.29 is 27.9 Å². The van der Waals surface area contributed by atoms with Crippen LogP contribution in [0.2, 0.25) is 0 Å². The maximum absolute atomic E-state index is 13.4. The van der Waals surface area contributed by atoms with Crippen molar-refractivity contribution in [2.24, 2.45) is 0 Å². The van der Waals surface area contributed by atoms with E-state index < -0.39 is 35.7 Å². The number of carbonyl (C=O) groups excluding carboxylic acids is 1. The summed E-state index contributed by atoms with van der Waals surface area (Å²) in [6.45, 7) is 2.11. The summed E-state index contributed by atoms with van der Waals surface area (Å²) in [4.78, 5) is 26.7. The van der Waals surface area contributed by atoms with Gasteiger partial charge in [0.05, 0.1) is 12.0 Å². The second kappa shape index (κ2) is 10.2. The van der Waals surface area contributed by atoms with Crippen LogP contribution in [0.3, 0.4) is 0 Å². The molecular weight excluding hydrogens is 470 g/mol. The van der Waals surface area contributed by atoms with Crippen molar-refractivity contribution >= 4 is 36.7 Å². The van der Waals surface area contributed by atoms with E-state index in [4.69, 9.17) is 0 Å². The second-order valence-electron chi connectivity index (χ2n) is 8.65. The van der Waals surface area contributed by atoms with Gasteiger partial charge in [-0.05, 0) is 24.8 Å². The summed E-state index contributed by atoms with van der Waals surface area (Å²) < 4.78 is 40.1. The van der Waals surface area contributed by atoms with Crippen molar-refractivity contribution in [3.8, 4) is 0 Å². The van der Waals surface area contributed by atoms with Gasteiger partial charge in [-0.1, -0.05) is 30.3 Å². The average molecular weight is 498 g/mol. The molecular formula is C21H28Cl2F3N3O3. The molecule has 2 saturated heterocycles. The fraction of sp³-hybridized carbons (Fsp3) is 0.619. The van der Waals surface area contributed by atoms with Crippen LogP contribution in [0.1, 0.15) is 37.2 Å². The minimum Gasteiger partial charge on any atom is -0.481 e. The molecule has 1 aromatic rings. The van der Waals surface area contributed by atoms with Gasteiger partial charge in [0.25, 0.3) is 0 Å². The third kappa shape index (κ3) is 5.32. The maximum Gasteiger partial charge on any atom is 0.471 e. The number of hydrogen-bond acceptors (Lipinski definition) is 4. The van der Waals surface area contributed by atoms with Crippen molar-refractivity contribution in [3.05, 3.63) is 35.9 Å². The number of carboxylic acid groups (broad SMARTS) is 1. The molecule has 2 N–H and O–H groups in total. The number of carboxylic acids is 1. The van der Waals surface area contributed by atoms with Gasteiger partial charge in [0.2, 0.25) is 0 Å². The van der Waals surface area contributed by atoms with E-state index in [9.17, 15) is 27.9 Å². The van der Waals surface area contributed by atoms with E-state index in [1.165, 1.54) is 0 Å². The molecule has 1 amide bonds. The summed E-state index contributed by atoms with van der Waals surface area (Å²) in [6, 6.07) is 8.44. The molecule has 1 aromatic carbocycles. The Labute approximate surface area is 197 Å². The quantitative estimate of drug-likeness (QED) is 0.631. The zero-order valence-electron chi connectivity index (χ0n) is 17.4. The van der Waals surface area contributed by atoms with Gasteiger partial charge >= 0.3 is 18.1 Å². The van der Waals surface area contributed by atoms with Gasteiger partial charge in [-0.25, -0.2) is 0 Å². The SMILES string of the molecule is Cl.Cl.O=C(O)CC1(N2CCC(N(C(=O)C(F)(F)F)[C@@H]3C[C@H]3c3ccccc3)CC2)CNC1. The monoisotopic (exact) mass is 497 g/mol. The molecule has 3 aliphatic rings. The molecule has 0 spiro atoms. The number of halogens is 5. The zero-order valence-corrected chi connectivity index (χ0v) is 19.0. The number of rotatable bonds is 6. The van der Waals surface area contributed by atoms with Crippen LogP contribution >= 0.6 is 24.8 Å². The number of nitrogens with zero attached hydrogens (tertiary/aromatic N) is 2. The standard InChI is InChI=1S/C21H26F3N3O3.2ClH/c22-21(23,24)19(30)27(17-10-16(17)14-4-2-1-3-5-14)15-6-8-26(9-7-15)20(11-18(28)29)12-25-13-20;;/h1-5,15-17,25H,6-13H2,(H,28,29);2*1H/t16-,17+;;/m0../s1. The molecule has 0 aromatic heterocycles. The molecule has 1 saturated carbocycles. The van der Waals surface area contributed by atoms with Gasteiger partial charge in [0.1, 0.15) is 0 Å². The van der Waals surface area contributed by atoms with Crippen LogP contribution in [0, 0.1) is 0 Å². The third-order valence-corrected chi connectivity index (χ3v) is 6.74. The number of likely N-dealkylation sites (tertiary alicyclic amines) is 1. The van der Waals surface area contributed by atoms with Gasteiger partial charge in [-0.3, -0.25) is 14.5 Å². The minimum atomic E-state index is -4.90. The Balaban J connectivity index is 0.00000181. The molecule has 2 aliphatic heterocycles. The van der Waals surface area contributed by atoms with E-state index in [0.717, 1.165) is 10.5 Å². The highest BCUT2D eigenvalue weighted by Crippen LogP contribution is 2.47. The maximum atomic E-state index is 13.4. The Kier molecular flexibility index (Phi) is 8.47. The molecule has 0 unspecified atom stereocenters. The molecule has 2 atom stereocenters. The number of amides is 1. The number of carbonyl (C=O) groups is 2. The number of piperidine rings is 1. The highest BCUT2D eigenvalue weighted by atomic mass is 35.5. The second-order valence-corrected chi connectivity index (χ2v) is 8.65. The minimum absolute atomic E-state index is 0. The van der Waals surface area contributed by atoms with Crippen molar-refractivity contribution in [2.75, 3.05) is 26.2 Å². The summed E-state index contributed by atoms with van der Waals surface area (Å²) in [5.41, 5.74) is 0.489. The van der Waals surface area contributed by atoms with Crippen molar-refractivity contribution in [1.82, 2.24) is 15.1 Å². The lowest BCUT2D eigenvalue weighted by Gasteiger charge is -2.53. The number of alkyl halides is 3. The zero-order chi connectivity index (χ0) is 21.5.